The second-order valence-corrected chi connectivity index (χ2v) is 7.76. The highest BCUT2D eigenvalue weighted by Crippen LogP contribution is 2.61. The van der Waals surface area contributed by atoms with E-state index in [1.165, 1.54) is 0 Å². The monoisotopic (exact) mass is 314 g/mol. The number of rotatable bonds is 3. The molecule has 4 saturated carbocycles. The lowest BCUT2D eigenvalue weighted by Crippen LogP contribution is -2.65. The van der Waals surface area contributed by atoms with Crippen molar-refractivity contribution in [3.63, 3.8) is 0 Å². The first-order chi connectivity index (χ1) is 11.2. The second kappa shape index (κ2) is 5.71. The summed E-state index contributed by atoms with van der Waals surface area (Å²) >= 11 is 0. The minimum atomic E-state index is -0.450. The normalized spacial score (nSPS) is 39.8. The molecule has 0 heterocycles. The SMILES string of the molecule is O=C1CCCC[C@@]12C[C@@H]1CC[C@@]2(OCc2ccccc2)C[C@@H]1O. The van der Waals surface area contributed by atoms with Crippen LogP contribution >= 0.6 is 0 Å². The van der Waals surface area contributed by atoms with Crippen molar-refractivity contribution >= 4 is 5.78 Å². The molecule has 1 aromatic carbocycles. The van der Waals surface area contributed by atoms with Crippen LogP contribution in [0.25, 0.3) is 0 Å². The van der Waals surface area contributed by atoms with E-state index in [1.54, 1.807) is 0 Å². The highest BCUT2D eigenvalue weighted by molar-refractivity contribution is 5.87. The van der Waals surface area contributed by atoms with Crippen molar-refractivity contribution in [2.24, 2.45) is 11.3 Å². The third-order valence-electron chi connectivity index (χ3n) is 6.63. The van der Waals surface area contributed by atoms with E-state index in [4.69, 9.17) is 4.74 Å². The Morgan fingerprint density at radius 2 is 1.96 bits per heavy atom. The Balaban J connectivity index is 1.64. The third kappa shape index (κ3) is 2.36. The van der Waals surface area contributed by atoms with Crippen molar-refractivity contribution < 1.29 is 14.6 Å². The zero-order chi connectivity index (χ0) is 15.9. The quantitative estimate of drug-likeness (QED) is 0.926. The lowest BCUT2D eigenvalue weighted by Gasteiger charge is -2.61. The number of carbonyl (C=O) groups is 1. The van der Waals surface area contributed by atoms with Gasteiger partial charge in [-0.25, -0.2) is 0 Å². The Kier molecular flexibility index (Phi) is 3.81. The van der Waals surface area contributed by atoms with E-state index in [2.05, 4.69) is 12.1 Å². The molecule has 23 heavy (non-hydrogen) atoms. The van der Waals surface area contributed by atoms with Crippen LogP contribution in [-0.4, -0.2) is 22.6 Å². The van der Waals surface area contributed by atoms with Gasteiger partial charge in [0.15, 0.2) is 0 Å². The molecule has 1 N–H and O–H groups in total. The number of ketones is 1. The predicted octanol–water partition coefficient (Wildman–Crippen LogP) is 3.64. The molecular formula is C20H26O3. The van der Waals surface area contributed by atoms with Gasteiger partial charge in [0.25, 0.3) is 0 Å². The highest BCUT2D eigenvalue weighted by Gasteiger charge is 2.64. The fourth-order valence-corrected chi connectivity index (χ4v) is 5.38. The molecule has 5 rings (SSSR count). The van der Waals surface area contributed by atoms with E-state index >= 15 is 0 Å². The summed E-state index contributed by atoms with van der Waals surface area (Å²) in [6, 6.07) is 10.2. The summed E-state index contributed by atoms with van der Waals surface area (Å²) in [6.45, 7) is 0.535. The molecular weight excluding hydrogens is 288 g/mol. The number of benzene rings is 1. The zero-order valence-corrected chi connectivity index (χ0v) is 13.7. The van der Waals surface area contributed by atoms with Crippen molar-refractivity contribution in [3.05, 3.63) is 35.9 Å². The summed E-state index contributed by atoms with van der Waals surface area (Å²) in [7, 11) is 0. The second-order valence-electron chi connectivity index (χ2n) is 7.76. The molecule has 4 atom stereocenters. The van der Waals surface area contributed by atoms with Gasteiger partial charge in [0.05, 0.1) is 23.7 Å². The van der Waals surface area contributed by atoms with E-state index in [-0.39, 0.29) is 11.5 Å². The summed E-state index contributed by atoms with van der Waals surface area (Å²) in [5, 5.41) is 10.5. The van der Waals surface area contributed by atoms with E-state index in [0.717, 1.165) is 44.1 Å². The number of aliphatic hydroxyl groups is 1. The van der Waals surface area contributed by atoms with Crippen molar-refractivity contribution in [2.45, 2.75) is 69.7 Å². The zero-order valence-electron chi connectivity index (χ0n) is 13.7. The Bertz CT molecular complexity index is 584. The van der Waals surface area contributed by atoms with Crippen LogP contribution in [0.3, 0.4) is 0 Å². The molecule has 0 unspecified atom stereocenters. The Morgan fingerprint density at radius 3 is 2.70 bits per heavy atom. The van der Waals surface area contributed by atoms with Crippen LogP contribution in [-0.2, 0) is 16.1 Å². The number of ether oxygens (including phenoxy) is 1. The van der Waals surface area contributed by atoms with Crippen LogP contribution in [0.2, 0.25) is 0 Å². The lowest BCUT2D eigenvalue weighted by atomic mass is 9.48. The highest BCUT2D eigenvalue weighted by atomic mass is 16.5. The molecule has 0 radical (unpaired) electrons. The first-order valence-electron chi connectivity index (χ1n) is 9.05. The van der Waals surface area contributed by atoms with Crippen molar-refractivity contribution in [3.8, 4) is 0 Å². The van der Waals surface area contributed by atoms with E-state index in [0.29, 0.717) is 31.1 Å². The van der Waals surface area contributed by atoms with Crippen LogP contribution in [0, 0.1) is 11.3 Å². The van der Waals surface area contributed by atoms with Gasteiger partial charge < -0.3 is 9.84 Å². The van der Waals surface area contributed by atoms with Gasteiger partial charge in [-0.2, -0.15) is 0 Å². The lowest BCUT2D eigenvalue weighted by molar-refractivity contribution is -0.235. The van der Waals surface area contributed by atoms with Gasteiger partial charge >= 0.3 is 0 Å². The molecule has 0 aromatic heterocycles. The van der Waals surface area contributed by atoms with Gasteiger partial charge in [0, 0.05) is 12.8 Å². The Morgan fingerprint density at radius 1 is 1.13 bits per heavy atom. The first kappa shape index (κ1) is 15.3. The molecule has 0 saturated heterocycles. The summed E-state index contributed by atoms with van der Waals surface area (Å²) in [5.41, 5.74) is 0.360. The minimum absolute atomic E-state index is 0.291. The minimum Gasteiger partial charge on any atom is -0.393 e. The van der Waals surface area contributed by atoms with E-state index in [1.807, 2.05) is 18.2 Å². The van der Waals surface area contributed by atoms with E-state index in [9.17, 15) is 9.90 Å². The number of carbonyl (C=O) groups excluding carboxylic acids is 1. The van der Waals surface area contributed by atoms with Gasteiger partial charge in [-0.1, -0.05) is 36.8 Å². The van der Waals surface area contributed by atoms with Crippen LogP contribution < -0.4 is 0 Å². The fourth-order valence-electron chi connectivity index (χ4n) is 5.38. The number of fused-ring (bicyclic) bond motifs is 2. The van der Waals surface area contributed by atoms with Crippen molar-refractivity contribution in [1.82, 2.24) is 0 Å². The molecule has 1 aromatic rings. The molecule has 4 fully saturated rings. The van der Waals surface area contributed by atoms with Gasteiger partial charge in [-0.3, -0.25) is 4.79 Å². The van der Waals surface area contributed by atoms with Crippen LogP contribution in [0.5, 0.6) is 0 Å². The van der Waals surface area contributed by atoms with Gasteiger partial charge in [0.1, 0.15) is 5.78 Å². The molecule has 124 valence electrons. The fraction of sp³-hybridized carbons (Fsp3) is 0.650. The summed E-state index contributed by atoms with van der Waals surface area (Å²) < 4.78 is 6.50. The molecule has 4 aliphatic carbocycles. The molecule has 2 bridgehead atoms. The Labute approximate surface area is 138 Å². The molecule has 4 aliphatic rings. The third-order valence-corrected chi connectivity index (χ3v) is 6.63. The maximum atomic E-state index is 12.9. The maximum Gasteiger partial charge on any atom is 0.141 e. The summed E-state index contributed by atoms with van der Waals surface area (Å²) in [6.07, 6.45) is 6.85. The van der Waals surface area contributed by atoms with Crippen molar-refractivity contribution in [2.75, 3.05) is 0 Å². The van der Waals surface area contributed by atoms with Gasteiger partial charge in [-0.15, -0.1) is 0 Å². The van der Waals surface area contributed by atoms with Crippen LogP contribution in [0.4, 0.5) is 0 Å². The number of hydrogen-bond donors (Lipinski definition) is 1. The standard InChI is InChI=1S/C20H26O3/c21-17-13-20(23-14-15-6-2-1-3-7-15)11-9-16(17)12-19(20)10-5-4-8-18(19)22/h1-3,6-7,16-17,21H,4-5,8-14H2/t16-,17-,19+,20+/m0/s1. The summed E-state index contributed by atoms with van der Waals surface area (Å²) in [5.74, 6) is 0.688. The van der Waals surface area contributed by atoms with Gasteiger partial charge in [0.2, 0.25) is 0 Å². The smallest absolute Gasteiger partial charge is 0.141 e. The van der Waals surface area contributed by atoms with E-state index < -0.39 is 5.60 Å². The largest absolute Gasteiger partial charge is 0.393 e. The molecule has 1 spiro atoms. The molecule has 0 aliphatic heterocycles. The first-order valence-corrected chi connectivity index (χ1v) is 9.05. The number of aliphatic hydroxyl groups excluding tert-OH is 1. The maximum absolute atomic E-state index is 12.9. The number of Topliss-reactive ketones (excluding diaryl/α,β-unsaturated/α-hetero) is 1. The molecule has 3 heteroatoms. The summed E-state index contributed by atoms with van der Waals surface area (Å²) in [4.78, 5) is 12.9. The van der Waals surface area contributed by atoms with Crippen molar-refractivity contribution in [1.29, 1.82) is 0 Å². The van der Waals surface area contributed by atoms with Crippen LogP contribution in [0.15, 0.2) is 30.3 Å². The Hall–Kier alpha value is -1.19. The predicted molar refractivity (Wildman–Crippen MR) is 87.8 cm³/mol. The molecule has 0 amide bonds. The van der Waals surface area contributed by atoms with Crippen LogP contribution in [0.1, 0.15) is 56.9 Å². The average Bonchev–Trinajstić information content (AvgIpc) is 2.58. The van der Waals surface area contributed by atoms with Gasteiger partial charge in [-0.05, 0) is 43.6 Å². The molecule has 3 nitrogen and oxygen atoms in total. The number of hydrogen-bond acceptors (Lipinski definition) is 3. The topological polar surface area (TPSA) is 46.5 Å². The average molecular weight is 314 g/mol.